The lowest BCUT2D eigenvalue weighted by Gasteiger charge is -2.15. The molecule has 0 bridgehead atoms. The lowest BCUT2D eigenvalue weighted by atomic mass is 9.93. The van der Waals surface area contributed by atoms with Gasteiger partial charge in [-0.1, -0.05) is 0 Å². The highest BCUT2D eigenvalue weighted by molar-refractivity contribution is 5.96. The van der Waals surface area contributed by atoms with E-state index in [0.717, 1.165) is 59.0 Å². The molecule has 6 rings (SSSR count). The summed E-state index contributed by atoms with van der Waals surface area (Å²) in [5.74, 6) is -0.914. The van der Waals surface area contributed by atoms with E-state index in [4.69, 9.17) is 9.47 Å². The number of aromatic amines is 2. The predicted octanol–water partition coefficient (Wildman–Crippen LogP) is 5.70. The van der Waals surface area contributed by atoms with E-state index in [9.17, 15) is 18.4 Å². The first-order valence-corrected chi connectivity index (χ1v) is 13.9. The predicted molar refractivity (Wildman–Crippen MR) is 148 cm³/mol. The van der Waals surface area contributed by atoms with Crippen LogP contribution in [0.25, 0.3) is 33.2 Å². The fraction of sp³-hybridized carbons (Fsp3) is 0.419. The number of hydrogen-bond donors (Lipinski definition) is 3. The molecule has 1 aliphatic carbocycles. The molecule has 1 saturated heterocycles. The Hall–Kier alpha value is -3.72. The molecule has 210 valence electrons. The van der Waals surface area contributed by atoms with E-state index in [0.29, 0.717) is 36.3 Å². The van der Waals surface area contributed by atoms with Crippen molar-refractivity contribution in [3.05, 3.63) is 59.2 Å². The Kier molecular flexibility index (Phi) is 7.08. The normalized spacial score (nSPS) is 22.8. The molecule has 2 fully saturated rings. The molecule has 1 aliphatic heterocycles. The van der Waals surface area contributed by atoms with Gasteiger partial charge in [-0.3, -0.25) is 9.59 Å². The van der Waals surface area contributed by atoms with Crippen molar-refractivity contribution in [3.8, 4) is 11.4 Å². The van der Waals surface area contributed by atoms with Gasteiger partial charge in [-0.05, 0) is 85.5 Å². The maximum atomic E-state index is 14.3. The largest absolute Gasteiger partial charge is 0.463 e. The highest BCUT2D eigenvalue weighted by Crippen LogP contribution is 2.40. The van der Waals surface area contributed by atoms with Crippen LogP contribution in [0.15, 0.2) is 36.4 Å². The first-order chi connectivity index (χ1) is 19.2. The zero-order valence-corrected chi connectivity index (χ0v) is 22.6. The molecule has 3 heterocycles. The molecule has 40 heavy (non-hydrogen) atoms. The molecule has 4 atom stereocenters. The summed E-state index contributed by atoms with van der Waals surface area (Å²) >= 11 is 0. The number of fused-ring (bicyclic) bond motifs is 2. The molecule has 1 saturated carbocycles. The average Bonchev–Trinajstić information content (AvgIpc) is 3.66. The number of aromatic nitrogens is 2. The number of rotatable bonds is 7. The molecule has 4 aromatic rings. The van der Waals surface area contributed by atoms with E-state index in [1.54, 1.807) is 6.07 Å². The van der Waals surface area contributed by atoms with Crippen LogP contribution < -0.4 is 5.32 Å². The molecule has 9 heteroatoms. The molecule has 0 unspecified atom stereocenters. The van der Waals surface area contributed by atoms with E-state index in [-0.39, 0.29) is 41.8 Å². The highest BCUT2D eigenvalue weighted by Gasteiger charge is 2.31. The van der Waals surface area contributed by atoms with Crippen molar-refractivity contribution in [3.63, 3.8) is 0 Å². The monoisotopic (exact) mass is 549 g/mol. The van der Waals surface area contributed by atoms with Crippen molar-refractivity contribution in [2.24, 2.45) is 5.92 Å². The van der Waals surface area contributed by atoms with Crippen LogP contribution in [0.1, 0.15) is 50.7 Å². The standard InChI is InChI=1S/C31H33F2N3O4/c1-16(37)39-22-6-3-18(9-22)10-26-24-7-4-19(32)11-28(24)35-30(26)31-27(25-8-5-20(33)12-29(25)36-31)14-21-13-23(15-34-21)40-17(2)38/h4-5,7-8,11-12,18,21-23,34-36H,3,6,9-10,13-15H2,1-2H3/t18-,21-,22+,23-/m0/s1. The number of ether oxygens (including phenoxy) is 2. The maximum Gasteiger partial charge on any atom is 0.302 e. The number of carbonyl (C=O) groups excluding carboxylic acids is 2. The number of benzene rings is 2. The van der Waals surface area contributed by atoms with Crippen LogP contribution >= 0.6 is 0 Å². The third-order valence-corrected chi connectivity index (χ3v) is 8.27. The number of hydrogen-bond acceptors (Lipinski definition) is 5. The van der Waals surface area contributed by atoms with Crippen molar-refractivity contribution in [2.45, 2.75) is 70.6 Å². The summed E-state index contributed by atoms with van der Waals surface area (Å²) in [5.41, 5.74) is 5.18. The summed E-state index contributed by atoms with van der Waals surface area (Å²) in [5, 5.41) is 5.33. The van der Waals surface area contributed by atoms with Gasteiger partial charge >= 0.3 is 11.9 Å². The van der Waals surface area contributed by atoms with Crippen LogP contribution in [0.5, 0.6) is 0 Å². The Morgan fingerprint density at radius 2 is 1.38 bits per heavy atom. The molecule has 0 spiro atoms. The second kappa shape index (κ2) is 10.7. The Morgan fingerprint density at radius 1 is 0.800 bits per heavy atom. The van der Waals surface area contributed by atoms with Gasteiger partial charge < -0.3 is 24.8 Å². The lowest BCUT2D eigenvalue weighted by Crippen LogP contribution is -2.24. The van der Waals surface area contributed by atoms with E-state index >= 15 is 0 Å². The molecule has 0 radical (unpaired) electrons. The summed E-state index contributed by atoms with van der Waals surface area (Å²) in [6.07, 6.45) is 4.31. The van der Waals surface area contributed by atoms with Gasteiger partial charge in [-0.15, -0.1) is 0 Å². The Labute approximate surface area is 230 Å². The third kappa shape index (κ3) is 5.35. The summed E-state index contributed by atoms with van der Waals surface area (Å²) in [7, 11) is 0. The minimum atomic E-state index is -0.331. The smallest absolute Gasteiger partial charge is 0.302 e. The minimum absolute atomic E-state index is 0.0664. The topological polar surface area (TPSA) is 96.2 Å². The summed E-state index contributed by atoms with van der Waals surface area (Å²) in [6, 6.07) is 9.60. The fourth-order valence-electron chi connectivity index (χ4n) is 6.66. The molecule has 3 N–H and O–H groups in total. The third-order valence-electron chi connectivity index (χ3n) is 8.27. The van der Waals surface area contributed by atoms with Crippen molar-refractivity contribution in [1.29, 1.82) is 0 Å². The summed E-state index contributed by atoms with van der Waals surface area (Å²) in [4.78, 5) is 29.9. The highest BCUT2D eigenvalue weighted by atomic mass is 19.1. The average molecular weight is 550 g/mol. The first-order valence-electron chi connectivity index (χ1n) is 13.9. The second-order valence-corrected chi connectivity index (χ2v) is 11.2. The van der Waals surface area contributed by atoms with Crippen LogP contribution in [0, 0.1) is 17.6 Å². The number of halogens is 2. The Bertz CT molecular complexity index is 1470. The van der Waals surface area contributed by atoms with Crippen LogP contribution in [0.4, 0.5) is 8.78 Å². The van der Waals surface area contributed by atoms with E-state index in [1.807, 2.05) is 6.07 Å². The SMILES string of the molecule is CC(=O)O[C@@H]1CC[C@H](Cc2c(-c3[nH]c4cc(F)ccc4c3C[C@@H]3C[C@H](OC(C)=O)CN3)[nH]c3cc(F)ccc23)C1. The zero-order valence-electron chi connectivity index (χ0n) is 22.6. The minimum Gasteiger partial charge on any atom is -0.463 e. The van der Waals surface area contributed by atoms with Gasteiger partial charge in [-0.25, -0.2) is 8.78 Å². The van der Waals surface area contributed by atoms with E-state index in [2.05, 4.69) is 15.3 Å². The quantitative estimate of drug-likeness (QED) is 0.257. The molecule has 2 aromatic heterocycles. The zero-order chi connectivity index (χ0) is 28.0. The van der Waals surface area contributed by atoms with E-state index < -0.39 is 0 Å². The first kappa shape index (κ1) is 26.5. The van der Waals surface area contributed by atoms with Gasteiger partial charge in [0, 0.05) is 54.7 Å². The van der Waals surface area contributed by atoms with Crippen molar-refractivity contribution in [1.82, 2.24) is 15.3 Å². The van der Waals surface area contributed by atoms with E-state index in [1.165, 1.54) is 38.1 Å². The Morgan fingerprint density at radius 3 is 1.98 bits per heavy atom. The van der Waals surface area contributed by atoms with Gasteiger partial charge in [0.1, 0.15) is 23.8 Å². The van der Waals surface area contributed by atoms with Crippen molar-refractivity contribution >= 4 is 33.7 Å². The molecule has 7 nitrogen and oxygen atoms in total. The van der Waals surface area contributed by atoms with Crippen molar-refractivity contribution in [2.75, 3.05) is 6.54 Å². The number of nitrogens with one attached hydrogen (secondary N) is 3. The van der Waals surface area contributed by atoms with Crippen LogP contribution in [0.3, 0.4) is 0 Å². The van der Waals surface area contributed by atoms with Gasteiger partial charge in [0.15, 0.2) is 0 Å². The number of carbonyl (C=O) groups is 2. The van der Waals surface area contributed by atoms with Gasteiger partial charge in [0.05, 0.1) is 11.4 Å². The molecule has 2 aliphatic rings. The van der Waals surface area contributed by atoms with Crippen LogP contribution in [-0.2, 0) is 31.9 Å². The Balaban J connectivity index is 1.40. The molecular formula is C31H33F2N3O4. The second-order valence-electron chi connectivity index (χ2n) is 11.2. The number of esters is 2. The molecule has 0 amide bonds. The maximum absolute atomic E-state index is 14.3. The van der Waals surface area contributed by atoms with Gasteiger partial charge in [0.2, 0.25) is 0 Å². The molecular weight excluding hydrogens is 516 g/mol. The van der Waals surface area contributed by atoms with Crippen LogP contribution in [-0.4, -0.2) is 46.7 Å². The summed E-state index contributed by atoms with van der Waals surface area (Å²) < 4.78 is 39.5. The fourth-order valence-corrected chi connectivity index (χ4v) is 6.66. The van der Waals surface area contributed by atoms with Gasteiger partial charge in [0.25, 0.3) is 0 Å². The van der Waals surface area contributed by atoms with Crippen LogP contribution in [0.2, 0.25) is 0 Å². The van der Waals surface area contributed by atoms with Crippen molar-refractivity contribution < 1.29 is 27.8 Å². The van der Waals surface area contributed by atoms with Gasteiger partial charge in [-0.2, -0.15) is 0 Å². The molecule has 2 aromatic carbocycles. The lowest BCUT2D eigenvalue weighted by molar-refractivity contribution is -0.146. The summed E-state index contributed by atoms with van der Waals surface area (Å²) in [6.45, 7) is 3.44. The number of H-pyrrole nitrogens is 2.